The molecule has 16 heavy (non-hydrogen) atoms. The van der Waals surface area contributed by atoms with Crippen molar-refractivity contribution >= 4 is 23.4 Å². The number of aliphatic carboxylic acids is 1. The van der Waals surface area contributed by atoms with Crippen LogP contribution in [0.15, 0.2) is 23.1 Å². The second-order valence-electron chi connectivity index (χ2n) is 3.79. The molecule has 5 heteroatoms. The monoisotopic (exact) mass is 241 g/mol. The maximum atomic E-state index is 13.1. The van der Waals surface area contributed by atoms with Crippen LogP contribution in [0.1, 0.15) is 6.42 Å². The fraction of sp³-hybridized carbons (Fsp3) is 0.364. The maximum absolute atomic E-state index is 13.1. The summed E-state index contributed by atoms with van der Waals surface area (Å²) in [5.41, 5.74) is 0.780. The Hall–Kier alpha value is -1.23. The smallest absolute Gasteiger partial charge is 0.305 e. The fourth-order valence-corrected chi connectivity index (χ4v) is 3.01. The zero-order valence-electron chi connectivity index (χ0n) is 8.81. The van der Waals surface area contributed by atoms with E-state index in [1.807, 2.05) is 11.9 Å². The van der Waals surface area contributed by atoms with Gasteiger partial charge in [-0.15, -0.1) is 11.8 Å². The van der Waals surface area contributed by atoms with Crippen molar-refractivity contribution in [2.75, 3.05) is 17.7 Å². The lowest BCUT2D eigenvalue weighted by Crippen LogP contribution is -2.38. The summed E-state index contributed by atoms with van der Waals surface area (Å²) in [4.78, 5) is 13.5. The molecule has 86 valence electrons. The van der Waals surface area contributed by atoms with Crippen LogP contribution in [0.25, 0.3) is 0 Å². The molecule has 0 spiro atoms. The molecule has 0 radical (unpaired) electrons. The predicted octanol–water partition coefficient (Wildman–Crippen LogP) is 2.21. The van der Waals surface area contributed by atoms with E-state index in [1.165, 1.54) is 12.1 Å². The summed E-state index contributed by atoms with van der Waals surface area (Å²) in [5, 5.41) is 8.78. The number of halogens is 1. The SMILES string of the molecule is CN1c2cc(F)ccc2SCC1CC(=O)O. The topological polar surface area (TPSA) is 40.5 Å². The van der Waals surface area contributed by atoms with Crippen molar-refractivity contribution in [2.24, 2.45) is 0 Å². The van der Waals surface area contributed by atoms with Gasteiger partial charge < -0.3 is 10.0 Å². The number of anilines is 1. The summed E-state index contributed by atoms with van der Waals surface area (Å²) in [7, 11) is 1.81. The summed E-state index contributed by atoms with van der Waals surface area (Å²) >= 11 is 1.58. The van der Waals surface area contributed by atoms with Crippen LogP contribution in [0.2, 0.25) is 0 Å². The molecule has 1 aromatic carbocycles. The molecule has 0 aliphatic carbocycles. The number of benzene rings is 1. The highest BCUT2D eigenvalue weighted by molar-refractivity contribution is 7.99. The Morgan fingerprint density at radius 3 is 3.12 bits per heavy atom. The molecule has 2 rings (SSSR count). The Balaban J connectivity index is 2.26. The third-order valence-corrected chi connectivity index (χ3v) is 3.90. The first kappa shape index (κ1) is 11.3. The minimum Gasteiger partial charge on any atom is -0.481 e. The van der Waals surface area contributed by atoms with E-state index in [0.717, 1.165) is 16.3 Å². The van der Waals surface area contributed by atoms with E-state index in [2.05, 4.69) is 0 Å². The highest BCUT2D eigenvalue weighted by Crippen LogP contribution is 2.37. The number of thioether (sulfide) groups is 1. The molecule has 1 heterocycles. The first-order valence-corrected chi connectivity index (χ1v) is 5.93. The number of hydrogen-bond donors (Lipinski definition) is 1. The number of carboxylic acid groups (broad SMARTS) is 1. The molecule has 1 atom stereocenters. The van der Waals surface area contributed by atoms with Gasteiger partial charge in [0.15, 0.2) is 0 Å². The van der Waals surface area contributed by atoms with E-state index < -0.39 is 5.97 Å². The van der Waals surface area contributed by atoms with Gasteiger partial charge in [0.25, 0.3) is 0 Å². The van der Waals surface area contributed by atoms with Crippen LogP contribution in [-0.4, -0.2) is 29.9 Å². The van der Waals surface area contributed by atoms with Crippen LogP contribution in [0.5, 0.6) is 0 Å². The highest BCUT2D eigenvalue weighted by Gasteiger charge is 2.26. The summed E-state index contributed by atoms with van der Waals surface area (Å²) < 4.78 is 13.1. The fourth-order valence-electron chi connectivity index (χ4n) is 1.78. The molecule has 0 saturated carbocycles. The lowest BCUT2D eigenvalue weighted by molar-refractivity contribution is -0.137. The molecule has 1 N–H and O–H groups in total. The quantitative estimate of drug-likeness (QED) is 0.861. The minimum atomic E-state index is -0.822. The van der Waals surface area contributed by atoms with Crippen molar-refractivity contribution in [2.45, 2.75) is 17.4 Å². The van der Waals surface area contributed by atoms with Gasteiger partial charge in [-0.3, -0.25) is 4.79 Å². The minimum absolute atomic E-state index is 0.0724. The largest absolute Gasteiger partial charge is 0.481 e. The van der Waals surface area contributed by atoms with Crippen molar-refractivity contribution < 1.29 is 14.3 Å². The Morgan fingerprint density at radius 2 is 2.44 bits per heavy atom. The van der Waals surface area contributed by atoms with Crippen LogP contribution in [0.3, 0.4) is 0 Å². The zero-order valence-corrected chi connectivity index (χ0v) is 9.63. The lowest BCUT2D eigenvalue weighted by Gasteiger charge is -2.34. The second-order valence-corrected chi connectivity index (χ2v) is 4.85. The van der Waals surface area contributed by atoms with E-state index in [4.69, 9.17) is 5.11 Å². The summed E-state index contributed by atoms with van der Waals surface area (Å²) in [6, 6.07) is 4.55. The molecular formula is C11H12FNO2S. The van der Waals surface area contributed by atoms with E-state index >= 15 is 0 Å². The van der Waals surface area contributed by atoms with E-state index in [0.29, 0.717) is 0 Å². The molecule has 1 aromatic rings. The number of hydrogen-bond acceptors (Lipinski definition) is 3. The average Bonchev–Trinajstić information content (AvgIpc) is 2.22. The summed E-state index contributed by atoms with van der Waals surface area (Å²) in [6.07, 6.45) is 0.0828. The molecule has 0 saturated heterocycles. The van der Waals surface area contributed by atoms with Gasteiger partial charge in [0, 0.05) is 23.7 Å². The molecule has 0 fully saturated rings. The third kappa shape index (κ3) is 2.14. The van der Waals surface area contributed by atoms with Crippen LogP contribution in [0, 0.1) is 5.82 Å². The van der Waals surface area contributed by atoms with Crippen molar-refractivity contribution in [3.63, 3.8) is 0 Å². The Morgan fingerprint density at radius 1 is 1.69 bits per heavy atom. The Bertz CT molecular complexity index is 424. The number of nitrogens with zero attached hydrogens (tertiary/aromatic N) is 1. The van der Waals surface area contributed by atoms with Crippen LogP contribution < -0.4 is 4.90 Å². The molecule has 1 unspecified atom stereocenters. The van der Waals surface area contributed by atoms with Crippen LogP contribution in [0.4, 0.5) is 10.1 Å². The maximum Gasteiger partial charge on any atom is 0.305 e. The van der Waals surface area contributed by atoms with Gasteiger partial charge in [-0.1, -0.05) is 0 Å². The first-order chi connectivity index (χ1) is 7.58. The molecule has 0 bridgehead atoms. The van der Waals surface area contributed by atoms with Crippen molar-refractivity contribution in [1.82, 2.24) is 0 Å². The number of carboxylic acids is 1. The average molecular weight is 241 g/mol. The summed E-state index contributed by atoms with van der Waals surface area (Å²) in [5.74, 6) is -0.388. The van der Waals surface area contributed by atoms with Crippen molar-refractivity contribution in [3.05, 3.63) is 24.0 Å². The number of fused-ring (bicyclic) bond motifs is 1. The number of rotatable bonds is 2. The van der Waals surface area contributed by atoms with Crippen molar-refractivity contribution in [1.29, 1.82) is 0 Å². The Labute approximate surface area is 97.3 Å². The van der Waals surface area contributed by atoms with Gasteiger partial charge in [0.05, 0.1) is 12.1 Å². The van der Waals surface area contributed by atoms with Gasteiger partial charge >= 0.3 is 5.97 Å². The zero-order chi connectivity index (χ0) is 11.7. The van der Waals surface area contributed by atoms with Gasteiger partial charge in [-0.2, -0.15) is 0 Å². The van der Waals surface area contributed by atoms with Crippen LogP contribution >= 0.6 is 11.8 Å². The van der Waals surface area contributed by atoms with Gasteiger partial charge in [0.1, 0.15) is 5.82 Å². The normalized spacial score (nSPS) is 19.4. The lowest BCUT2D eigenvalue weighted by atomic mass is 10.1. The van der Waals surface area contributed by atoms with E-state index in [1.54, 1.807) is 17.8 Å². The van der Waals surface area contributed by atoms with E-state index in [-0.39, 0.29) is 18.3 Å². The molecular weight excluding hydrogens is 229 g/mol. The van der Waals surface area contributed by atoms with Gasteiger partial charge in [-0.25, -0.2) is 4.39 Å². The van der Waals surface area contributed by atoms with E-state index in [9.17, 15) is 9.18 Å². The van der Waals surface area contributed by atoms with Gasteiger partial charge in [0.2, 0.25) is 0 Å². The molecule has 1 aliphatic rings. The molecule has 0 amide bonds. The molecule has 0 aromatic heterocycles. The first-order valence-electron chi connectivity index (χ1n) is 4.95. The highest BCUT2D eigenvalue weighted by atomic mass is 32.2. The number of carbonyl (C=O) groups is 1. The third-order valence-electron chi connectivity index (χ3n) is 2.69. The standard InChI is InChI=1S/C11H12FNO2S/c1-13-8(5-11(14)15)6-16-10-3-2-7(12)4-9(10)13/h2-4,8H,5-6H2,1H3,(H,14,15). The predicted molar refractivity (Wildman–Crippen MR) is 61.6 cm³/mol. The second kappa shape index (κ2) is 4.33. The van der Waals surface area contributed by atoms with Crippen molar-refractivity contribution in [3.8, 4) is 0 Å². The van der Waals surface area contributed by atoms with Gasteiger partial charge in [-0.05, 0) is 18.2 Å². The van der Waals surface area contributed by atoms with Crippen LogP contribution in [-0.2, 0) is 4.79 Å². The molecule has 1 aliphatic heterocycles. The summed E-state index contributed by atoms with van der Waals surface area (Å²) in [6.45, 7) is 0. The molecule has 3 nitrogen and oxygen atoms in total. The Kier molecular flexibility index (Phi) is 3.05.